The van der Waals surface area contributed by atoms with Gasteiger partial charge in [0.05, 0.1) is 17.4 Å². The molecule has 1 amide bonds. The smallest absolute Gasteiger partial charge is 0.234 e. The average molecular weight is 597 g/mol. The quantitative estimate of drug-likeness (QED) is 0.301. The van der Waals surface area contributed by atoms with Crippen molar-refractivity contribution in [3.8, 4) is 6.07 Å². The highest BCUT2D eigenvalue weighted by Gasteiger charge is 2.44. The van der Waals surface area contributed by atoms with Crippen LogP contribution in [0.3, 0.4) is 0 Å². The normalized spacial score (nSPS) is 18.3. The first-order valence-corrected chi connectivity index (χ1v) is 15.4. The van der Waals surface area contributed by atoms with Gasteiger partial charge in [0, 0.05) is 29.3 Å². The summed E-state index contributed by atoms with van der Waals surface area (Å²) in [5.41, 5.74) is 11.9. The van der Waals surface area contributed by atoms with Crippen LogP contribution in [0.25, 0.3) is 6.08 Å². The maximum atomic E-state index is 13.6. The molecule has 2 heterocycles. The molecule has 8 nitrogen and oxygen atoms in total. The van der Waals surface area contributed by atoms with Crippen molar-refractivity contribution >= 4 is 51.7 Å². The maximum Gasteiger partial charge on any atom is 0.234 e. The average Bonchev–Trinajstić information content (AvgIpc) is 3.40. The molecule has 0 radical (unpaired) electrons. The number of nitrogens with zero attached hydrogens (tertiary/aromatic N) is 4. The highest BCUT2D eigenvalue weighted by molar-refractivity contribution is 8.01. The summed E-state index contributed by atoms with van der Waals surface area (Å²) in [4.78, 5) is 28.0. The molecule has 0 saturated heterocycles. The maximum absolute atomic E-state index is 13.6. The monoisotopic (exact) mass is 596 g/mol. The fourth-order valence-electron chi connectivity index (χ4n) is 5.35. The van der Waals surface area contributed by atoms with E-state index in [0.717, 1.165) is 28.1 Å². The van der Waals surface area contributed by atoms with Crippen molar-refractivity contribution in [1.29, 1.82) is 5.26 Å². The van der Waals surface area contributed by atoms with E-state index in [1.807, 2.05) is 74.5 Å². The fraction of sp³-hybridized carbons (Fsp3) is 0.281. The molecule has 1 unspecified atom stereocenters. The Kier molecular flexibility index (Phi) is 8.34. The molecule has 1 aliphatic carbocycles. The van der Waals surface area contributed by atoms with Gasteiger partial charge >= 0.3 is 0 Å². The number of benzene rings is 2. The Morgan fingerprint density at radius 2 is 1.98 bits per heavy atom. The van der Waals surface area contributed by atoms with Gasteiger partial charge in [-0.3, -0.25) is 14.5 Å². The molecule has 2 aliphatic rings. The molecule has 3 N–H and O–H groups in total. The predicted molar refractivity (Wildman–Crippen MR) is 168 cm³/mol. The van der Waals surface area contributed by atoms with E-state index in [0.29, 0.717) is 33.5 Å². The van der Waals surface area contributed by atoms with Gasteiger partial charge in [0.2, 0.25) is 11.0 Å². The van der Waals surface area contributed by atoms with Crippen molar-refractivity contribution in [2.45, 2.75) is 44.9 Å². The topological polar surface area (TPSA) is 125 Å². The van der Waals surface area contributed by atoms with E-state index >= 15 is 0 Å². The molecular weight excluding hydrogens is 565 g/mol. The zero-order valence-corrected chi connectivity index (χ0v) is 25.6. The van der Waals surface area contributed by atoms with Crippen molar-refractivity contribution in [3.05, 3.63) is 94.0 Å². The van der Waals surface area contributed by atoms with Gasteiger partial charge in [0.15, 0.2) is 10.1 Å². The number of anilines is 2. The molecule has 10 heteroatoms. The lowest BCUT2D eigenvalue weighted by Crippen LogP contribution is -2.42. The van der Waals surface area contributed by atoms with E-state index in [-0.39, 0.29) is 28.7 Å². The zero-order valence-electron chi connectivity index (χ0n) is 24.0. The van der Waals surface area contributed by atoms with E-state index in [1.54, 1.807) is 4.90 Å². The van der Waals surface area contributed by atoms with Crippen LogP contribution >= 0.6 is 23.1 Å². The van der Waals surface area contributed by atoms with E-state index in [9.17, 15) is 14.9 Å². The number of nitriles is 1. The molecule has 214 valence electrons. The molecule has 1 aliphatic heterocycles. The van der Waals surface area contributed by atoms with E-state index in [1.165, 1.54) is 23.1 Å². The van der Waals surface area contributed by atoms with Gasteiger partial charge in [-0.15, -0.1) is 10.2 Å². The van der Waals surface area contributed by atoms with Crippen LogP contribution in [0, 0.1) is 36.5 Å². The van der Waals surface area contributed by atoms with Gasteiger partial charge in [0.25, 0.3) is 0 Å². The van der Waals surface area contributed by atoms with Crippen LogP contribution in [-0.2, 0) is 9.59 Å². The van der Waals surface area contributed by atoms with E-state index in [2.05, 4.69) is 35.4 Å². The molecule has 0 fully saturated rings. The number of ketones is 1. The first-order chi connectivity index (χ1) is 20.1. The summed E-state index contributed by atoms with van der Waals surface area (Å²) in [5.74, 6) is -0.310. The third-order valence-corrected chi connectivity index (χ3v) is 9.32. The standard InChI is InChI=1S/C32H32N6O2S2/c1-19-10-13-24(20(2)14-19)35-27(40)18-41-31-37-36-30(42-31)38-25-15-32(3,4)16-26(39)28(25)22(23(17-33)29(38)34)12-11-21-8-6-5-7-9-21/h5-14,22H,15-16,18,34H2,1-4H3,(H,35,40)/b12-11+. The summed E-state index contributed by atoms with van der Waals surface area (Å²) in [6.45, 7) is 8.07. The molecular formula is C32H32N6O2S2. The molecule has 0 saturated carbocycles. The molecule has 3 aromatic rings. The number of aryl methyl sites for hydroxylation is 2. The Morgan fingerprint density at radius 3 is 2.69 bits per heavy atom. The van der Waals surface area contributed by atoms with Gasteiger partial charge in [-0.05, 0) is 42.9 Å². The first-order valence-electron chi connectivity index (χ1n) is 13.6. The van der Waals surface area contributed by atoms with Crippen molar-refractivity contribution in [1.82, 2.24) is 10.2 Å². The lowest BCUT2D eigenvalue weighted by molar-refractivity contribution is -0.118. The zero-order chi connectivity index (χ0) is 30.0. The Balaban J connectivity index is 1.43. The number of amides is 1. The molecule has 42 heavy (non-hydrogen) atoms. The van der Waals surface area contributed by atoms with Crippen LogP contribution < -0.4 is 16.0 Å². The molecule has 2 aromatic carbocycles. The molecule has 5 rings (SSSR count). The third kappa shape index (κ3) is 6.17. The number of Topliss-reactive ketones (excluding diaryl/α,β-unsaturated/α-hetero) is 1. The number of hydrogen-bond donors (Lipinski definition) is 2. The summed E-state index contributed by atoms with van der Waals surface area (Å²) in [7, 11) is 0. The van der Waals surface area contributed by atoms with Crippen LogP contribution in [0.15, 0.2) is 81.6 Å². The molecule has 0 bridgehead atoms. The second-order valence-corrected chi connectivity index (χ2v) is 13.5. The van der Waals surface area contributed by atoms with Crippen molar-refractivity contribution in [2.75, 3.05) is 16.0 Å². The molecule has 0 spiro atoms. The Bertz CT molecular complexity index is 1680. The minimum absolute atomic E-state index is 0.00334. The van der Waals surface area contributed by atoms with Gasteiger partial charge in [-0.25, -0.2) is 0 Å². The van der Waals surface area contributed by atoms with Crippen LogP contribution in [-0.4, -0.2) is 27.6 Å². The number of aromatic nitrogens is 2. The Hall–Kier alpha value is -4.20. The van der Waals surface area contributed by atoms with Crippen molar-refractivity contribution in [3.63, 3.8) is 0 Å². The summed E-state index contributed by atoms with van der Waals surface area (Å²) in [6, 6.07) is 17.9. The Labute approximate surface area is 254 Å². The molecule has 1 aromatic heterocycles. The third-order valence-electron chi connectivity index (χ3n) is 7.28. The van der Waals surface area contributed by atoms with Crippen molar-refractivity contribution < 1.29 is 9.59 Å². The largest absolute Gasteiger partial charge is 0.384 e. The lowest BCUT2D eigenvalue weighted by Gasteiger charge is -2.41. The highest BCUT2D eigenvalue weighted by Crippen LogP contribution is 2.48. The SMILES string of the molecule is Cc1ccc(NC(=O)CSc2nnc(N3C(N)=C(C#N)C(/C=C/c4ccccc4)C4=C3CC(C)(C)CC4=O)s2)c(C)c1. The summed E-state index contributed by atoms with van der Waals surface area (Å²) in [5, 5.41) is 22.3. The van der Waals surface area contributed by atoms with Gasteiger partial charge in [-0.2, -0.15) is 5.26 Å². The lowest BCUT2D eigenvalue weighted by atomic mass is 9.70. The minimum Gasteiger partial charge on any atom is -0.384 e. The van der Waals surface area contributed by atoms with Gasteiger partial charge in [-0.1, -0.05) is 97.1 Å². The Morgan fingerprint density at radius 1 is 1.21 bits per heavy atom. The van der Waals surface area contributed by atoms with Crippen LogP contribution in [0.4, 0.5) is 10.8 Å². The summed E-state index contributed by atoms with van der Waals surface area (Å²) in [6.07, 6.45) is 4.77. The number of allylic oxidation sites excluding steroid dienone is 4. The van der Waals surface area contributed by atoms with E-state index < -0.39 is 5.92 Å². The van der Waals surface area contributed by atoms with Crippen LogP contribution in [0.2, 0.25) is 0 Å². The second kappa shape index (κ2) is 12.0. The number of hydrogen-bond acceptors (Lipinski definition) is 9. The number of thioether (sulfide) groups is 1. The first kappa shape index (κ1) is 29.3. The predicted octanol–water partition coefficient (Wildman–Crippen LogP) is 6.37. The number of carbonyl (C=O) groups excluding carboxylic acids is 2. The van der Waals surface area contributed by atoms with Crippen LogP contribution in [0.1, 0.15) is 43.4 Å². The number of rotatable bonds is 7. The number of nitrogens with one attached hydrogen (secondary N) is 1. The van der Waals surface area contributed by atoms with Gasteiger partial charge < -0.3 is 11.1 Å². The fourth-order valence-corrected chi connectivity index (χ4v) is 7.03. The number of carbonyl (C=O) groups is 2. The summed E-state index contributed by atoms with van der Waals surface area (Å²) < 4.78 is 0.585. The summed E-state index contributed by atoms with van der Waals surface area (Å²) >= 11 is 2.55. The van der Waals surface area contributed by atoms with Crippen molar-refractivity contribution in [2.24, 2.45) is 17.1 Å². The molecule has 1 atom stereocenters. The number of nitrogens with two attached hydrogens (primary N) is 1. The highest BCUT2D eigenvalue weighted by atomic mass is 32.2. The van der Waals surface area contributed by atoms with Crippen LogP contribution in [0.5, 0.6) is 0 Å². The second-order valence-electron chi connectivity index (χ2n) is 11.3. The van der Waals surface area contributed by atoms with Gasteiger partial charge in [0.1, 0.15) is 5.82 Å². The van der Waals surface area contributed by atoms with E-state index in [4.69, 9.17) is 5.73 Å². The minimum atomic E-state index is -0.555.